The van der Waals surface area contributed by atoms with Crippen LogP contribution in [0.4, 0.5) is 17.1 Å². The van der Waals surface area contributed by atoms with Gasteiger partial charge in [0.15, 0.2) is 0 Å². The summed E-state index contributed by atoms with van der Waals surface area (Å²) in [6.45, 7) is 0.297. The molecule has 0 aliphatic rings. The van der Waals surface area contributed by atoms with Crippen LogP contribution in [0.5, 0.6) is 0 Å². The number of hydrogen-bond donors (Lipinski definition) is 2. The van der Waals surface area contributed by atoms with Crippen LogP contribution in [0.3, 0.4) is 0 Å². The smallest absolute Gasteiger partial charge is 0.238 e. The predicted molar refractivity (Wildman–Crippen MR) is 97.3 cm³/mol. The maximum atomic E-state index is 12.0. The van der Waals surface area contributed by atoms with Crippen molar-refractivity contribution >= 4 is 28.9 Å². The number of benzene rings is 2. The number of nitrogens with zero attached hydrogens (tertiary/aromatic N) is 3. The summed E-state index contributed by atoms with van der Waals surface area (Å²) in [5.74, 6) is -0.325. The molecule has 0 atom stereocenters. The number of likely N-dealkylation sites (N-methyl/N-ethyl adjacent to an activating group) is 2. The van der Waals surface area contributed by atoms with Crippen molar-refractivity contribution in [2.45, 2.75) is 0 Å². The Kier molecular flexibility index (Phi) is 6.79. The predicted octanol–water partition coefficient (Wildman–Crippen LogP) is 2.72. The van der Waals surface area contributed by atoms with Gasteiger partial charge in [-0.1, -0.05) is 18.2 Å². The van der Waals surface area contributed by atoms with E-state index in [0.29, 0.717) is 11.4 Å². The number of carbonyl (C=O) groups is 2. The van der Waals surface area contributed by atoms with Gasteiger partial charge in [-0.2, -0.15) is 10.2 Å². The number of hydrogen-bond acceptors (Lipinski definition) is 5. The fourth-order valence-corrected chi connectivity index (χ4v) is 2.05. The zero-order chi connectivity index (χ0) is 18.1. The molecule has 25 heavy (non-hydrogen) atoms. The molecule has 0 saturated carbocycles. The van der Waals surface area contributed by atoms with Gasteiger partial charge in [0.1, 0.15) is 0 Å². The minimum Gasteiger partial charge on any atom is -0.358 e. The van der Waals surface area contributed by atoms with Gasteiger partial charge in [0, 0.05) is 12.7 Å². The first-order chi connectivity index (χ1) is 12.1. The van der Waals surface area contributed by atoms with Gasteiger partial charge < -0.3 is 10.6 Å². The van der Waals surface area contributed by atoms with Crippen LogP contribution in [0.25, 0.3) is 0 Å². The van der Waals surface area contributed by atoms with E-state index in [1.807, 2.05) is 30.3 Å². The Hall–Kier alpha value is -3.06. The molecule has 0 unspecified atom stereocenters. The first-order valence-corrected chi connectivity index (χ1v) is 7.82. The van der Waals surface area contributed by atoms with E-state index >= 15 is 0 Å². The first-order valence-electron chi connectivity index (χ1n) is 7.82. The van der Waals surface area contributed by atoms with Crippen molar-refractivity contribution in [2.24, 2.45) is 10.2 Å². The molecular weight excluding hydrogens is 318 g/mol. The molecule has 2 rings (SSSR count). The van der Waals surface area contributed by atoms with Crippen LogP contribution < -0.4 is 10.6 Å². The molecule has 0 fully saturated rings. The third-order valence-corrected chi connectivity index (χ3v) is 3.29. The van der Waals surface area contributed by atoms with Gasteiger partial charge >= 0.3 is 0 Å². The highest BCUT2D eigenvalue weighted by Crippen LogP contribution is 2.19. The SMILES string of the molecule is CNC(=O)CN(C)CC(=O)Nc1ccc(N=Nc2ccccc2)cc1. The van der Waals surface area contributed by atoms with Crippen molar-refractivity contribution < 1.29 is 9.59 Å². The molecular formula is C18H21N5O2. The molecule has 130 valence electrons. The highest BCUT2D eigenvalue weighted by atomic mass is 16.2. The number of carbonyl (C=O) groups excluding carboxylic acids is 2. The summed E-state index contributed by atoms with van der Waals surface area (Å²) >= 11 is 0. The van der Waals surface area contributed by atoms with E-state index in [-0.39, 0.29) is 24.9 Å². The second kappa shape index (κ2) is 9.29. The molecule has 0 heterocycles. The van der Waals surface area contributed by atoms with Gasteiger partial charge in [-0.15, -0.1) is 0 Å². The second-order valence-electron chi connectivity index (χ2n) is 5.48. The quantitative estimate of drug-likeness (QED) is 0.761. The van der Waals surface area contributed by atoms with Gasteiger partial charge in [-0.05, 0) is 43.4 Å². The third kappa shape index (κ3) is 6.52. The number of azo groups is 1. The van der Waals surface area contributed by atoms with Crippen LogP contribution in [-0.2, 0) is 9.59 Å². The van der Waals surface area contributed by atoms with Crippen molar-refractivity contribution in [3.63, 3.8) is 0 Å². The molecule has 0 radical (unpaired) electrons. The van der Waals surface area contributed by atoms with Crippen LogP contribution in [0, 0.1) is 0 Å². The zero-order valence-corrected chi connectivity index (χ0v) is 14.3. The Balaban J connectivity index is 1.86. The molecule has 0 spiro atoms. The fourth-order valence-electron chi connectivity index (χ4n) is 2.05. The van der Waals surface area contributed by atoms with Gasteiger partial charge in [0.25, 0.3) is 0 Å². The van der Waals surface area contributed by atoms with E-state index < -0.39 is 0 Å². The summed E-state index contributed by atoms with van der Waals surface area (Å²) in [6, 6.07) is 16.5. The molecule has 7 nitrogen and oxygen atoms in total. The van der Waals surface area contributed by atoms with Gasteiger partial charge in [0.2, 0.25) is 11.8 Å². The summed E-state index contributed by atoms with van der Waals surface area (Å²) in [6.07, 6.45) is 0. The zero-order valence-electron chi connectivity index (χ0n) is 14.3. The lowest BCUT2D eigenvalue weighted by Crippen LogP contribution is -2.37. The first kappa shape index (κ1) is 18.3. The molecule has 2 aromatic rings. The lowest BCUT2D eigenvalue weighted by molar-refractivity contribution is -0.122. The van der Waals surface area contributed by atoms with E-state index in [4.69, 9.17) is 0 Å². The minimum atomic E-state index is -0.190. The van der Waals surface area contributed by atoms with Crippen LogP contribution in [-0.4, -0.2) is 43.9 Å². The average Bonchev–Trinajstić information content (AvgIpc) is 2.61. The summed E-state index contributed by atoms with van der Waals surface area (Å²) in [5, 5.41) is 13.6. The Morgan fingerprint density at radius 3 is 2.04 bits per heavy atom. The molecule has 0 saturated heterocycles. The Morgan fingerprint density at radius 1 is 0.880 bits per heavy atom. The molecule has 0 aromatic heterocycles. The second-order valence-corrected chi connectivity index (χ2v) is 5.48. The van der Waals surface area contributed by atoms with Crippen molar-refractivity contribution in [3.05, 3.63) is 54.6 Å². The summed E-state index contributed by atoms with van der Waals surface area (Å²) < 4.78 is 0. The largest absolute Gasteiger partial charge is 0.358 e. The molecule has 0 bridgehead atoms. The van der Waals surface area contributed by atoms with Gasteiger partial charge in [-0.3, -0.25) is 14.5 Å². The van der Waals surface area contributed by atoms with Gasteiger partial charge in [-0.25, -0.2) is 0 Å². The summed E-state index contributed by atoms with van der Waals surface area (Å²) in [4.78, 5) is 24.9. The number of nitrogens with one attached hydrogen (secondary N) is 2. The topological polar surface area (TPSA) is 86.2 Å². The molecule has 0 aliphatic carbocycles. The van der Waals surface area contributed by atoms with Crippen molar-refractivity contribution in [3.8, 4) is 0 Å². The van der Waals surface area contributed by atoms with E-state index in [9.17, 15) is 9.59 Å². The normalized spacial score (nSPS) is 10.8. The highest BCUT2D eigenvalue weighted by Gasteiger charge is 2.09. The molecule has 2 N–H and O–H groups in total. The maximum Gasteiger partial charge on any atom is 0.238 e. The lowest BCUT2D eigenvalue weighted by atomic mass is 10.3. The minimum absolute atomic E-state index is 0.128. The van der Waals surface area contributed by atoms with E-state index in [1.54, 1.807) is 43.3 Å². The van der Waals surface area contributed by atoms with E-state index in [0.717, 1.165) is 5.69 Å². The fraction of sp³-hybridized carbons (Fsp3) is 0.222. The molecule has 2 aromatic carbocycles. The summed E-state index contributed by atoms with van der Waals surface area (Å²) in [7, 11) is 3.27. The van der Waals surface area contributed by atoms with E-state index in [2.05, 4.69) is 20.9 Å². The van der Waals surface area contributed by atoms with Crippen LogP contribution in [0.2, 0.25) is 0 Å². The highest BCUT2D eigenvalue weighted by molar-refractivity contribution is 5.92. The van der Waals surface area contributed by atoms with Crippen LogP contribution in [0.1, 0.15) is 0 Å². The Bertz CT molecular complexity index is 729. The molecule has 2 amide bonds. The molecule has 7 heteroatoms. The van der Waals surface area contributed by atoms with E-state index in [1.165, 1.54) is 0 Å². The van der Waals surface area contributed by atoms with Crippen molar-refractivity contribution in [2.75, 3.05) is 32.5 Å². The maximum absolute atomic E-state index is 12.0. The van der Waals surface area contributed by atoms with Gasteiger partial charge in [0.05, 0.1) is 24.5 Å². The lowest BCUT2D eigenvalue weighted by Gasteiger charge is -2.15. The van der Waals surface area contributed by atoms with Crippen molar-refractivity contribution in [1.29, 1.82) is 0 Å². The van der Waals surface area contributed by atoms with Crippen LogP contribution >= 0.6 is 0 Å². The molecule has 0 aliphatic heterocycles. The number of amides is 2. The number of anilines is 1. The summed E-state index contributed by atoms with van der Waals surface area (Å²) in [5.41, 5.74) is 2.13. The van der Waals surface area contributed by atoms with Crippen LogP contribution in [0.15, 0.2) is 64.8 Å². The third-order valence-electron chi connectivity index (χ3n) is 3.29. The number of rotatable bonds is 7. The monoisotopic (exact) mass is 339 g/mol. The standard InChI is InChI=1S/C18H21N5O2/c1-19-17(24)12-23(2)13-18(25)20-14-8-10-16(11-9-14)22-21-15-6-4-3-5-7-15/h3-11H,12-13H2,1-2H3,(H,19,24)(H,20,25). The Morgan fingerprint density at radius 2 is 1.44 bits per heavy atom. The van der Waals surface area contributed by atoms with Crippen molar-refractivity contribution in [1.82, 2.24) is 10.2 Å². The Labute approximate surface area is 146 Å². The average molecular weight is 339 g/mol.